The van der Waals surface area contributed by atoms with E-state index in [4.69, 9.17) is 0 Å². The smallest absolute Gasteiger partial charge is 0.315 e. The van der Waals surface area contributed by atoms with Gasteiger partial charge >= 0.3 is 6.03 Å². The zero-order valence-electron chi connectivity index (χ0n) is 11.6. The second-order valence-corrected chi connectivity index (χ2v) is 4.97. The van der Waals surface area contributed by atoms with E-state index in [1.165, 1.54) is 12.8 Å². The Morgan fingerprint density at radius 3 is 2.84 bits per heavy atom. The minimum absolute atomic E-state index is 0.153. The Balaban J connectivity index is 1.67. The lowest BCUT2D eigenvalue weighted by molar-refractivity contribution is 0.234. The highest BCUT2D eigenvalue weighted by Gasteiger charge is 2.14. The molecule has 106 valence electrons. The lowest BCUT2D eigenvalue weighted by atomic mass is 10.3. The van der Waals surface area contributed by atoms with E-state index in [2.05, 4.69) is 25.7 Å². The van der Waals surface area contributed by atoms with Crippen molar-refractivity contribution in [2.75, 3.05) is 26.2 Å². The molecule has 19 heavy (non-hydrogen) atoms. The minimum Gasteiger partial charge on any atom is -0.337 e. The predicted molar refractivity (Wildman–Crippen MR) is 71.6 cm³/mol. The molecule has 1 aliphatic heterocycles. The number of carbonyl (C=O) groups excluding carboxylic acids is 1. The molecule has 7 heteroatoms. The molecule has 0 aromatic carbocycles. The third kappa shape index (κ3) is 3.92. The van der Waals surface area contributed by atoms with Crippen LogP contribution in [0.25, 0.3) is 0 Å². The molecule has 1 saturated heterocycles. The number of nitrogens with zero attached hydrogens (tertiary/aromatic N) is 4. The van der Waals surface area contributed by atoms with E-state index in [9.17, 15) is 4.79 Å². The van der Waals surface area contributed by atoms with E-state index in [-0.39, 0.29) is 12.1 Å². The molecule has 0 bridgehead atoms. The summed E-state index contributed by atoms with van der Waals surface area (Å²) in [5.41, 5.74) is 0. The van der Waals surface area contributed by atoms with E-state index in [0.29, 0.717) is 6.54 Å². The van der Waals surface area contributed by atoms with E-state index < -0.39 is 0 Å². The molecule has 1 aromatic heterocycles. The number of hydrogen-bond acceptors (Lipinski definition) is 4. The maximum atomic E-state index is 11.7. The number of amides is 2. The second-order valence-electron chi connectivity index (χ2n) is 4.97. The Labute approximate surface area is 113 Å². The van der Waals surface area contributed by atoms with Crippen LogP contribution in [0.3, 0.4) is 0 Å². The standard InChI is InChI=1S/C12H22N6O/c1-10(11-16-14-9-17(11)2)15-12(19)13-5-8-18-6-3-4-7-18/h9-10H,3-8H2,1-2H3,(H2,13,15,19)/t10-/m0/s1. The van der Waals surface area contributed by atoms with Gasteiger partial charge in [0.05, 0.1) is 6.04 Å². The first kappa shape index (κ1) is 13.8. The summed E-state index contributed by atoms with van der Waals surface area (Å²) < 4.78 is 1.80. The van der Waals surface area contributed by atoms with Crippen molar-refractivity contribution in [1.29, 1.82) is 0 Å². The molecule has 0 unspecified atom stereocenters. The average Bonchev–Trinajstić information content (AvgIpc) is 3.00. The van der Waals surface area contributed by atoms with Gasteiger partial charge in [0.2, 0.25) is 0 Å². The molecule has 7 nitrogen and oxygen atoms in total. The van der Waals surface area contributed by atoms with Crippen molar-refractivity contribution in [3.05, 3.63) is 12.2 Å². The van der Waals surface area contributed by atoms with Crippen LogP contribution in [0, 0.1) is 0 Å². The van der Waals surface area contributed by atoms with Crippen LogP contribution in [0.2, 0.25) is 0 Å². The van der Waals surface area contributed by atoms with Gasteiger partial charge in [0.25, 0.3) is 0 Å². The first-order valence-electron chi connectivity index (χ1n) is 6.77. The van der Waals surface area contributed by atoms with Gasteiger partial charge in [0.15, 0.2) is 5.82 Å². The van der Waals surface area contributed by atoms with Crippen molar-refractivity contribution in [1.82, 2.24) is 30.3 Å². The molecule has 2 N–H and O–H groups in total. The SMILES string of the molecule is C[C@H](NC(=O)NCCN1CCCC1)c1nncn1C. The molecule has 1 atom stereocenters. The topological polar surface area (TPSA) is 75.1 Å². The highest BCUT2D eigenvalue weighted by molar-refractivity contribution is 5.74. The Morgan fingerprint density at radius 2 is 2.21 bits per heavy atom. The summed E-state index contributed by atoms with van der Waals surface area (Å²) in [6, 6.07) is -0.311. The summed E-state index contributed by atoms with van der Waals surface area (Å²) in [5.74, 6) is 0.745. The van der Waals surface area contributed by atoms with Crippen molar-refractivity contribution in [2.24, 2.45) is 7.05 Å². The molecule has 1 aromatic rings. The summed E-state index contributed by atoms with van der Waals surface area (Å²) >= 11 is 0. The van der Waals surface area contributed by atoms with Crippen LogP contribution in [0.4, 0.5) is 4.79 Å². The summed E-state index contributed by atoms with van der Waals surface area (Å²) in [7, 11) is 1.86. The van der Waals surface area contributed by atoms with Crippen LogP contribution in [-0.2, 0) is 7.05 Å². The Morgan fingerprint density at radius 1 is 1.47 bits per heavy atom. The number of likely N-dealkylation sites (tertiary alicyclic amines) is 1. The predicted octanol–water partition coefficient (Wildman–Crippen LogP) is 0.271. The highest BCUT2D eigenvalue weighted by Crippen LogP contribution is 2.07. The molecule has 0 spiro atoms. The van der Waals surface area contributed by atoms with Gasteiger partial charge < -0.3 is 20.1 Å². The molecule has 2 heterocycles. The van der Waals surface area contributed by atoms with Crippen LogP contribution < -0.4 is 10.6 Å². The van der Waals surface area contributed by atoms with Gasteiger partial charge in [0, 0.05) is 20.1 Å². The minimum atomic E-state index is -0.158. The first-order chi connectivity index (χ1) is 9.16. The lowest BCUT2D eigenvalue weighted by Gasteiger charge is -2.16. The lowest BCUT2D eigenvalue weighted by Crippen LogP contribution is -2.41. The zero-order chi connectivity index (χ0) is 13.7. The van der Waals surface area contributed by atoms with E-state index in [0.717, 1.165) is 25.5 Å². The molecular weight excluding hydrogens is 244 g/mol. The number of aryl methyl sites for hydroxylation is 1. The quantitative estimate of drug-likeness (QED) is 0.802. The van der Waals surface area contributed by atoms with Gasteiger partial charge in [-0.2, -0.15) is 0 Å². The molecule has 0 aliphatic carbocycles. The van der Waals surface area contributed by atoms with Gasteiger partial charge in [-0.15, -0.1) is 10.2 Å². The van der Waals surface area contributed by atoms with Crippen LogP contribution in [0.5, 0.6) is 0 Å². The van der Waals surface area contributed by atoms with Gasteiger partial charge in [-0.25, -0.2) is 4.79 Å². The molecule has 1 aliphatic rings. The molecule has 1 fully saturated rings. The number of urea groups is 1. The summed E-state index contributed by atoms with van der Waals surface area (Å²) in [5, 5.41) is 13.5. The molecule has 0 radical (unpaired) electrons. The van der Waals surface area contributed by atoms with Crippen molar-refractivity contribution >= 4 is 6.03 Å². The van der Waals surface area contributed by atoms with Crippen LogP contribution in [-0.4, -0.2) is 51.9 Å². The number of carbonyl (C=O) groups is 1. The Bertz CT molecular complexity index is 412. The number of rotatable bonds is 5. The first-order valence-corrected chi connectivity index (χ1v) is 6.77. The van der Waals surface area contributed by atoms with Crippen molar-refractivity contribution in [3.8, 4) is 0 Å². The number of aromatic nitrogens is 3. The maximum Gasteiger partial charge on any atom is 0.315 e. The number of nitrogens with one attached hydrogen (secondary N) is 2. The van der Waals surface area contributed by atoms with Gasteiger partial charge in [0.1, 0.15) is 6.33 Å². The Hall–Kier alpha value is -1.63. The van der Waals surface area contributed by atoms with E-state index >= 15 is 0 Å². The van der Waals surface area contributed by atoms with Gasteiger partial charge in [-0.3, -0.25) is 0 Å². The summed E-state index contributed by atoms with van der Waals surface area (Å²) in [4.78, 5) is 14.1. The third-order valence-electron chi connectivity index (χ3n) is 3.39. The molecule has 2 amide bonds. The normalized spacial score (nSPS) is 17.4. The fourth-order valence-corrected chi connectivity index (χ4v) is 2.33. The monoisotopic (exact) mass is 266 g/mol. The van der Waals surface area contributed by atoms with Crippen LogP contribution in [0.1, 0.15) is 31.6 Å². The Kier molecular flexibility index (Phi) is 4.73. The summed E-state index contributed by atoms with van der Waals surface area (Å²) in [6.07, 6.45) is 4.17. The average molecular weight is 266 g/mol. The van der Waals surface area contributed by atoms with Crippen LogP contribution >= 0.6 is 0 Å². The van der Waals surface area contributed by atoms with Crippen LogP contribution in [0.15, 0.2) is 6.33 Å². The van der Waals surface area contributed by atoms with Gasteiger partial charge in [-0.1, -0.05) is 0 Å². The highest BCUT2D eigenvalue weighted by atomic mass is 16.2. The molecule has 0 saturated carbocycles. The van der Waals surface area contributed by atoms with Crippen molar-refractivity contribution in [3.63, 3.8) is 0 Å². The second kappa shape index (κ2) is 6.51. The summed E-state index contributed by atoms with van der Waals surface area (Å²) in [6.45, 7) is 5.80. The molecule has 2 rings (SSSR count). The fraction of sp³-hybridized carbons (Fsp3) is 0.750. The van der Waals surface area contributed by atoms with E-state index in [1.54, 1.807) is 10.9 Å². The fourth-order valence-electron chi connectivity index (χ4n) is 2.33. The van der Waals surface area contributed by atoms with E-state index in [1.807, 2.05) is 14.0 Å². The van der Waals surface area contributed by atoms with Gasteiger partial charge in [-0.05, 0) is 32.9 Å². The van der Waals surface area contributed by atoms with Crippen molar-refractivity contribution in [2.45, 2.75) is 25.8 Å². The zero-order valence-corrected chi connectivity index (χ0v) is 11.6. The van der Waals surface area contributed by atoms with Crippen molar-refractivity contribution < 1.29 is 4.79 Å². The maximum absolute atomic E-state index is 11.7. The molecular formula is C12H22N6O. The number of hydrogen-bond donors (Lipinski definition) is 2. The largest absolute Gasteiger partial charge is 0.337 e. The third-order valence-corrected chi connectivity index (χ3v) is 3.39.